The van der Waals surface area contributed by atoms with Gasteiger partial charge in [0.05, 0.1) is 16.5 Å². The molecule has 25 heavy (non-hydrogen) atoms. The minimum absolute atomic E-state index is 0.148. The maximum atomic E-state index is 12.6. The van der Waals surface area contributed by atoms with E-state index in [9.17, 15) is 13.2 Å². The minimum Gasteiger partial charge on any atom is -0.319 e. The van der Waals surface area contributed by atoms with E-state index in [0.717, 1.165) is 10.2 Å². The highest BCUT2D eigenvalue weighted by Gasteiger charge is 2.28. The number of piperidine rings is 1. The van der Waals surface area contributed by atoms with Crippen LogP contribution in [0.3, 0.4) is 0 Å². The number of carbonyl (C=O) groups excluding carboxylic acids is 1. The molecular formula is C17H23N3O3S2. The van der Waals surface area contributed by atoms with Gasteiger partial charge >= 0.3 is 0 Å². The average Bonchev–Trinajstić information content (AvgIpc) is 2.87. The predicted molar refractivity (Wildman–Crippen MR) is 100.0 cm³/mol. The Morgan fingerprint density at radius 3 is 2.48 bits per heavy atom. The molecule has 1 saturated heterocycles. The summed E-state index contributed by atoms with van der Waals surface area (Å²) in [4.78, 5) is 17.6. The normalized spacial score (nSPS) is 18.2. The first-order chi connectivity index (χ1) is 11.7. The Balaban J connectivity index is 1.87. The molecule has 0 unspecified atom stereocenters. The quantitative estimate of drug-likeness (QED) is 0.798. The number of rotatable bonds is 2. The van der Waals surface area contributed by atoms with Gasteiger partial charge in [-0.2, -0.15) is 4.99 Å². The van der Waals surface area contributed by atoms with E-state index < -0.39 is 10.0 Å². The largest absolute Gasteiger partial charge is 0.319 e. The van der Waals surface area contributed by atoms with Gasteiger partial charge in [0.15, 0.2) is 4.80 Å². The van der Waals surface area contributed by atoms with Crippen LogP contribution in [-0.4, -0.2) is 42.5 Å². The number of thiazole rings is 1. The van der Waals surface area contributed by atoms with Crippen molar-refractivity contribution < 1.29 is 13.2 Å². The van der Waals surface area contributed by atoms with E-state index in [2.05, 4.69) is 31.0 Å². The molecule has 1 fully saturated rings. The van der Waals surface area contributed by atoms with Crippen LogP contribution in [0.2, 0.25) is 0 Å². The molecule has 0 bridgehead atoms. The lowest BCUT2D eigenvalue weighted by molar-refractivity contribution is -0.122. The fraction of sp³-hybridized carbons (Fsp3) is 0.529. The number of carbonyl (C=O) groups is 1. The molecule has 1 aliphatic heterocycles. The zero-order valence-corrected chi connectivity index (χ0v) is 16.6. The number of amides is 1. The van der Waals surface area contributed by atoms with Gasteiger partial charge in [-0.15, -0.1) is 0 Å². The molecule has 1 aromatic heterocycles. The fourth-order valence-corrected chi connectivity index (χ4v) is 5.21. The first-order valence-corrected chi connectivity index (χ1v) is 10.9. The first-order valence-electron chi connectivity index (χ1n) is 8.28. The van der Waals surface area contributed by atoms with Crippen molar-refractivity contribution in [2.75, 3.05) is 19.3 Å². The molecule has 0 saturated carbocycles. The summed E-state index contributed by atoms with van der Waals surface area (Å²) in [5.41, 5.74) is 3.53. The molecule has 6 nitrogen and oxygen atoms in total. The molecular weight excluding hydrogens is 358 g/mol. The second kappa shape index (κ2) is 6.66. The number of fused-ring (bicyclic) bond motifs is 1. The molecule has 8 heteroatoms. The lowest BCUT2D eigenvalue weighted by Crippen LogP contribution is -2.39. The third kappa shape index (κ3) is 3.56. The van der Waals surface area contributed by atoms with E-state index in [0.29, 0.717) is 30.7 Å². The predicted octanol–water partition coefficient (Wildman–Crippen LogP) is 1.96. The van der Waals surface area contributed by atoms with Crippen molar-refractivity contribution in [2.24, 2.45) is 18.0 Å². The first kappa shape index (κ1) is 18.3. The van der Waals surface area contributed by atoms with Crippen LogP contribution in [0.15, 0.2) is 17.1 Å². The third-order valence-electron chi connectivity index (χ3n) is 4.97. The summed E-state index contributed by atoms with van der Waals surface area (Å²) in [5.74, 6) is -0.351. The number of hydrogen-bond acceptors (Lipinski definition) is 4. The molecule has 1 aliphatic rings. The average molecular weight is 382 g/mol. The van der Waals surface area contributed by atoms with E-state index >= 15 is 0 Å². The summed E-state index contributed by atoms with van der Waals surface area (Å²) in [7, 11) is -1.24. The van der Waals surface area contributed by atoms with Gasteiger partial charge in [-0.25, -0.2) is 12.7 Å². The number of benzene rings is 1. The van der Waals surface area contributed by atoms with Gasteiger partial charge < -0.3 is 4.57 Å². The summed E-state index contributed by atoms with van der Waals surface area (Å²) in [6, 6.07) is 4.15. The zero-order valence-electron chi connectivity index (χ0n) is 14.9. The molecule has 0 aliphatic carbocycles. The van der Waals surface area contributed by atoms with E-state index in [1.165, 1.54) is 33.0 Å². The van der Waals surface area contributed by atoms with Gasteiger partial charge in [-0.05, 0) is 43.9 Å². The van der Waals surface area contributed by atoms with E-state index in [1.54, 1.807) is 0 Å². The van der Waals surface area contributed by atoms with Crippen molar-refractivity contribution in [3.8, 4) is 0 Å². The Morgan fingerprint density at radius 1 is 1.24 bits per heavy atom. The van der Waals surface area contributed by atoms with Crippen LogP contribution in [0.1, 0.15) is 24.0 Å². The molecule has 2 heterocycles. The summed E-state index contributed by atoms with van der Waals surface area (Å²) >= 11 is 1.51. The van der Waals surface area contributed by atoms with Crippen molar-refractivity contribution in [1.82, 2.24) is 8.87 Å². The van der Waals surface area contributed by atoms with Crippen molar-refractivity contribution >= 4 is 37.5 Å². The van der Waals surface area contributed by atoms with E-state index in [-0.39, 0.29) is 11.8 Å². The highest BCUT2D eigenvalue weighted by Crippen LogP contribution is 2.24. The Bertz CT molecular complexity index is 994. The molecule has 136 valence electrons. The maximum absolute atomic E-state index is 12.6. The molecule has 0 N–H and O–H groups in total. The monoisotopic (exact) mass is 381 g/mol. The fourth-order valence-electron chi connectivity index (χ4n) is 3.26. The van der Waals surface area contributed by atoms with Crippen LogP contribution in [-0.2, 0) is 21.9 Å². The smallest absolute Gasteiger partial charge is 0.251 e. The lowest BCUT2D eigenvalue weighted by Gasteiger charge is -2.28. The van der Waals surface area contributed by atoms with Gasteiger partial charge in [0.2, 0.25) is 10.0 Å². The lowest BCUT2D eigenvalue weighted by atomic mass is 9.98. The van der Waals surface area contributed by atoms with Crippen LogP contribution in [0.5, 0.6) is 0 Å². The number of nitrogens with zero attached hydrogens (tertiary/aromatic N) is 3. The van der Waals surface area contributed by atoms with Gasteiger partial charge in [-0.1, -0.05) is 17.4 Å². The van der Waals surface area contributed by atoms with Gasteiger partial charge in [0.25, 0.3) is 5.91 Å². The topological polar surface area (TPSA) is 71.7 Å². The minimum atomic E-state index is -3.18. The number of hydrogen-bond donors (Lipinski definition) is 0. The maximum Gasteiger partial charge on any atom is 0.251 e. The highest BCUT2D eigenvalue weighted by atomic mass is 32.2. The van der Waals surface area contributed by atoms with Crippen molar-refractivity contribution in [2.45, 2.75) is 26.7 Å². The summed E-state index contributed by atoms with van der Waals surface area (Å²) in [5, 5.41) is 0. The van der Waals surface area contributed by atoms with Crippen molar-refractivity contribution in [3.05, 3.63) is 28.1 Å². The Kier molecular flexibility index (Phi) is 4.87. The Hall–Kier alpha value is -1.51. The Morgan fingerprint density at radius 2 is 1.88 bits per heavy atom. The van der Waals surface area contributed by atoms with Crippen LogP contribution >= 0.6 is 11.3 Å². The molecule has 1 amide bonds. The van der Waals surface area contributed by atoms with E-state index in [4.69, 9.17) is 0 Å². The molecule has 0 atom stereocenters. The zero-order chi connectivity index (χ0) is 18.4. The molecule has 0 radical (unpaired) electrons. The van der Waals surface area contributed by atoms with Crippen molar-refractivity contribution in [3.63, 3.8) is 0 Å². The summed E-state index contributed by atoms with van der Waals surface area (Å²) in [6.07, 6.45) is 2.27. The standard InChI is InChI=1S/C17H23N3O3S2/c1-11-5-6-14-15(12(11)2)19(3)17(24-14)18-16(21)13-7-9-20(10-8-13)25(4,22)23/h5-6,13H,7-10H2,1-4H3. The van der Waals surface area contributed by atoms with Crippen molar-refractivity contribution in [1.29, 1.82) is 0 Å². The van der Waals surface area contributed by atoms with Gasteiger partial charge in [0.1, 0.15) is 0 Å². The molecule has 3 rings (SSSR count). The van der Waals surface area contributed by atoms with Gasteiger partial charge in [-0.3, -0.25) is 4.79 Å². The summed E-state index contributed by atoms with van der Waals surface area (Å²) < 4.78 is 27.7. The van der Waals surface area contributed by atoms with Crippen LogP contribution in [0.4, 0.5) is 0 Å². The van der Waals surface area contributed by atoms with Crippen LogP contribution < -0.4 is 4.80 Å². The highest BCUT2D eigenvalue weighted by molar-refractivity contribution is 7.88. The second-order valence-electron chi connectivity index (χ2n) is 6.68. The molecule has 2 aromatic rings. The van der Waals surface area contributed by atoms with Crippen LogP contribution in [0.25, 0.3) is 10.2 Å². The summed E-state index contributed by atoms with van der Waals surface area (Å²) in [6.45, 7) is 4.93. The Labute approximate surface area is 151 Å². The van der Waals surface area contributed by atoms with Crippen LogP contribution in [0, 0.1) is 19.8 Å². The second-order valence-corrected chi connectivity index (χ2v) is 9.68. The SMILES string of the molecule is Cc1ccc2sc(=NC(=O)C3CCN(S(C)(=O)=O)CC3)n(C)c2c1C. The van der Waals surface area contributed by atoms with E-state index in [1.807, 2.05) is 11.6 Å². The number of aromatic nitrogens is 1. The number of aryl methyl sites for hydroxylation is 3. The number of sulfonamides is 1. The van der Waals surface area contributed by atoms with Gasteiger partial charge in [0, 0.05) is 26.1 Å². The molecule has 0 spiro atoms. The molecule has 1 aromatic carbocycles. The third-order valence-corrected chi connectivity index (χ3v) is 7.37.